The number of amides is 1. The molecule has 2 aromatic rings. The van der Waals surface area contributed by atoms with Gasteiger partial charge in [-0.1, -0.05) is 0 Å². The Kier molecular flexibility index (Phi) is 7.46. The second-order valence-electron chi connectivity index (χ2n) is 5.54. The van der Waals surface area contributed by atoms with Gasteiger partial charge in [-0.25, -0.2) is 0 Å². The van der Waals surface area contributed by atoms with Crippen molar-refractivity contribution in [3.8, 4) is 5.75 Å². The van der Waals surface area contributed by atoms with Gasteiger partial charge in [0.1, 0.15) is 11.8 Å². The van der Waals surface area contributed by atoms with E-state index in [0.717, 1.165) is 0 Å². The van der Waals surface area contributed by atoms with E-state index in [1.165, 1.54) is 12.1 Å². The van der Waals surface area contributed by atoms with E-state index < -0.39 is 18.8 Å². The van der Waals surface area contributed by atoms with Gasteiger partial charge >= 0.3 is 6.18 Å². The summed E-state index contributed by atoms with van der Waals surface area (Å²) in [7, 11) is 3.40. The number of aryl methyl sites for hydroxylation is 2. The van der Waals surface area contributed by atoms with Crippen LogP contribution in [0.1, 0.15) is 17.2 Å². The predicted molar refractivity (Wildman–Crippen MR) is 93.6 cm³/mol. The average molecular weight is 393 g/mol. The highest BCUT2D eigenvalue weighted by atomic mass is 35.5. The molecule has 2 rings (SSSR count). The lowest BCUT2D eigenvalue weighted by atomic mass is 10.1. The normalized spacial score (nSPS) is 12.2. The number of hydrogen-bond acceptors (Lipinski definition) is 4. The molecule has 0 bridgehead atoms. The Labute approximate surface area is 155 Å². The third-order valence-electron chi connectivity index (χ3n) is 3.44. The highest BCUT2D eigenvalue weighted by Gasteiger charge is 2.28. The second-order valence-corrected chi connectivity index (χ2v) is 5.54. The van der Waals surface area contributed by atoms with E-state index in [9.17, 15) is 18.0 Å². The number of carbonyl (C=O) groups excluding carboxylic acids is 1. The molecule has 0 fully saturated rings. The zero-order valence-corrected chi connectivity index (χ0v) is 15.2. The minimum atomic E-state index is -4.40. The van der Waals surface area contributed by atoms with E-state index in [4.69, 9.17) is 4.74 Å². The van der Waals surface area contributed by atoms with Crippen LogP contribution in [0.2, 0.25) is 0 Å². The third kappa shape index (κ3) is 5.92. The molecule has 1 heterocycles. The Morgan fingerprint density at radius 1 is 1.38 bits per heavy atom. The van der Waals surface area contributed by atoms with Crippen LogP contribution in [-0.4, -0.2) is 35.5 Å². The largest absolute Gasteiger partial charge is 0.484 e. The number of benzene rings is 1. The summed E-state index contributed by atoms with van der Waals surface area (Å²) in [4.78, 5) is 12.4. The van der Waals surface area contributed by atoms with Crippen molar-refractivity contribution < 1.29 is 22.7 Å². The quantitative estimate of drug-likeness (QED) is 0.793. The lowest BCUT2D eigenvalue weighted by Crippen LogP contribution is -2.30. The van der Waals surface area contributed by atoms with Crippen LogP contribution in [0.4, 0.5) is 18.9 Å². The molecule has 1 atom stereocenters. The Morgan fingerprint density at radius 2 is 2.08 bits per heavy atom. The van der Waals surface area contributed by atoms with Crippen molar-refractivity contribution in [3.63, 3.8) is 0 Å². The van der Waals surface area contributed by atoms with Gasteiger partial charge in [-0.15, -0.1) is 12.4 Å². The number of likely N-dealkylation sites (N-methyl/N-ethyl adjacent to an activating group) is 1. The molecular weight excluding hydrogens is 373 g/mol. The van der Waals surface area contributed by atoms with Gasteiger partial charge in [0.15, 0.2) is 6.61 Å². The van der Waals surface area contributed by atoms with E-state index >= 15 is 0 Å². The number of rotatable bonds is 6. The number of halogens is 4. The molecule has 1 aromatic heterocycles. The predicted octanol–water partition coefficient (Wildman–Crippen LogP) is 2.99. The van der Waals surface area contributed by atoms with Crippen LogP contribution in [0, 0.1) is 6.92 Å². The SMILES string of the molecule is CNC(C(=O)Nc1ccc(OCC(F)(F)F)c(C)c1)c1cnn(C)c1.Cl. The number of alkyl halides is 3. The Bertz CT molecular complexity index is 749. The summed E-state index contributed by atoms with van der Waals surface area (Å²) in [5.74, 6) is -0.188. The summed E-state index contributed by atoms with van der Waals surface area (Å²) >= 11 is 0. The van der Waals surface area contributed by atoms with Gasteiger partial charge in [-0.2, -0.15) is 18.3 Å². The minimum absolute atomic E-state index is 0. The molecule has 6 nitrogen and oxygen atoms in total. The topological polar surface area (TPSA) is 68.2 Å². The van der Waals surface area contributed by atoms with Crippen molar-refractivity contribution in [2.75, 3.05) is 19.0 Å². The number of aromatic nitrogens is 2. The highest BCUT2D eigenvalue weighted by molar-refractivity contribution is 5.95. The average Bonchev–Trinajstić information content (AvgIpc) is 2.92. The number of anilines is 1. The van der Waals surface area contributed by atoms with Crippen molar-refractivity contribution in [2.45, 2.75) is 19.1 Å². The van der Waals surface area contributed by atoms with Gasteiger partial charge in [0.05, 0.1) is 6.20 Å². The van der Waals surface area contributed by atoms with Gasteiger partial charge in [-0.05, 0) is 37.7 Å². The van der Waals surface area contributed by atoms with Gasteiger partial charge < -0.3 is 15.4 Å². The van der Waals surface area contributed by atoms with Gasteiger partial charge in [0.25, 0.3) is 0 Å². The molecule has 0 spiro atoms. The summed E-state index contributed by atoms with van der Waals surface area (Å²) in [6.45, 7) is 0.250. The monoisotopic (exact) mass is 392 g/mol. The molecule has 0 aliphatic carbocycles. The number of ether oxygens (including phenoxy) is 1. The van der Waals surface area contributed by atoms with Crippen LogP contribution in [0.25, 0.3) is 0 Å². The maximum absolute atomic E-state index is 12.4. The zero-order valence-electron chi connectivity index (χ0n) is 14.4. The summed E-state index contributed by atoms with van der Waals surface area (Å²) in [5.41, 5.74) is 1.65. The Hall–Kier alpha value is -2.26. The molecule has 0 radical (unpaired) electrons. The van der Waals surface area contributed by atoms with Crippen LogP contribution in [0.15, 0.2) is 30.6 Å². The molecule has 26 heavy (non-hydrogen) atoms. The van der Waals surface area contributed by atoms with Crippen LogP contribution >= 0.6 is 12.4 Å². The number of hydrogen-bond donors (Lipinski definition) is 2. The van der Waals surface area contributed by atoms with E-state index in [1.807, 2.05) is 0 Å². The molecular formula is C16H20ClF3N4O2. The first-order valence-corrected chi connectivity index (χ1v) is 7.46. The van der Waals surface area contributed by atoms with E-state index in [1.54, 1.807) is 44.2 Å². The number of nitrogens with one attached hydrogen (secondary N) is 2. The first kappa shape index (κ1) is 21.8. The lowest BCUT2D eigenvalue weighted by molar-refractivity contribution is -0.153. The number of nitrogens with zero attached hydrogens (tertiary/aromatic N) is 2. The van der Waals surface area contributed by atoms with Crippen molar-refractivity contribution in [3.05, 3.63) is 41.7 Å². The van der Waals surface area contributed by atoms with Crippen molar-refractivity contribution in [1.82, 2.24) is 15.1 Å². The molecule has 2 N–H and O–H groups in total. The van der Waals surface area contributed by atoms with Crippen LogP contribution in [0.3, 0.4) is 0 Å². The lowest BCUT2D eigenvalue weighted by Gasteiger charge is -2.16. The molecule has 10 heteroatoms. The van der Waals surface area contributed by atoms with E-state index in [0.29, 0.717) is 16.8 Å². The van der Waals surface area contributed by atoms with Crippen molar-refractivity contribution in [2.24, 2.45) is 7.05 Å². The summed E-state index contributed by atoms with van der Waals surface area (Å²) < 4.78 is 43.0. The maximum atomic E-state index is 12.4. The molecule has 144 valence electrons. The third-order valence-corrected chi connectivity index (χ3v) is 3.44. The fourth-order valence-corrected chi connectivity index (χ4v) is 2.30. The molecule has 0 saturated carbocycles. The number of carbonyl (C=O) groups is 1. The maximum Gasteiger partial charge on any atom is 0.422 e. The van der Waals surface area contributed by atoms with Crippen LogP contribution < -0.4 is 15.4 Å². The molecule has 0 aliphatic rings. The zero-order chi connectivity index (χ0) is 18.6. The molecule has 1 unspecified atom stereocenters. The van der Waals surface area contributed by atoms with E-state index in [2.05, 4.69) is 15.7 Å². The minimum Gasteiger partial charge on any atom is -0.484 e. The second kappa shape index (κ2) is 8.91. The summed E-state index contributed by atoms with van der Waals surface area (Å²) in [6.07, 6.45) is -1.09. The fourth-order valence-electron chi connectivity index (χ4n) is 2.30. The van der Waals surface area contributed by atoms with Crippen molar-refractivity contribution in [1.29, 1.82) is 0 Å². The molecule has 1 aromatic carbocycles. The van der Waals surface area contributed by atoms with E-state index in [-0.39, 0.29) is 24.1 Å². The molecule has 1 amide bonds. The van der Waals surface area contributed by atoms with Gasteiger partial charge in [-0.3, -0.25) is 9.48 Å². The van der Waals surface area contributed by atoms with Crippen molar-refractivity contribution >= 4 is 24.0 Å². The molecule has 0 aliphatic heterocycles. The fraction of sp³-hybridized carbons (Fsp3) is 0.375. The molecule has 0 saturated heterocycles. The Balaban J connectivity index is 0.00000338. The smallest absolute Gasteiger partial charge is 0.422 e. The van der Waals surface area contributed by atoms with Crippen LogP contribution in [-0.2, 0) is 11.8 Å². The standard InChI is InChI=1S/C16H19F3N4O2.ClH/c1-10-6-12(4-5-13(10)25-9-16(17,18)19)22-15(24)14(20-2)11-7-21-23(3)8-11;/h4-8,14,20H,9H2,1-3H3,(H,22,24);1H. The van der Waals surface area contributed by atoms with Crippen LogP contribution in [0.5, 0.6) is 5.75 Å². The Morgan fingerprint density at radius 3 is 2.58 bits per heavy atom. The summed E-state index contributed by atoms with van der Waals surface area (Å²) in [6, 6.07) is 3.84. The van der Waals surface area contributed by atoms with Gasteiger partial charge in [0.2, 0.25) is 5.91 Å². The summed E-state index contributed by atoms with van der Waals surface area (Å²) in [5, 5.41) is 9.65. The first-order valence-electron chi connectivity index (χ1n) is 7.46. The first-order chi connectivity index (χ1) is 11.7. The highest BCUT2D eigenvalue weighted by Crippen LogP contribution is 2.25. The van der Waals surface area contributed by atoms with Gasteiger partial charge in [0, 0.05) is 24.5 Å².